The van der Waals surface area contributed by atoms with Gasteiger partial charge in [0, 0.05) is 18.7 Å². The van der Waals surface area contributed by atoms with Gasteiger partial charge in [0.1, 0.15) is 29.9 Å². The van der Waals surface area contributed by atoms with E-state index in [2.05, 4.69) is 15.9 Å². The van der Waals surface area contributed by atoms with E-state index in [1.54, 1.807) is 4.90 Å². The van der Waals surface area contributed by atoms with Crippen molar-refractivity contribution in [3.8, 4) is 11.8 Å². The highest BCUT2D eigenvalue weighted by Crippen LogP contribution is 2.39. The lowest BCUT2D eigenvalue weighted by Crippen LogP contribution is -2.41. The van der Waals surface area contributed by atoms with E-state index < -0.39 is 17.5 Å². The fourth-order valence-electron chi connectivity index (χ4n) is 3.82. The molecule has 0 aliphatic carbocycles. The minimum absolute atomic E-state index is 0.0771. The SMILES string of the molecule is CC(C)(C)OC(=O)N1CCC(c2cccc(Br)c2OCC(O)c2ccc(C#N)cc2F)CC1. The number of hydrogen-bond acceptors (Lipinski definition) is 5. The summed E-state index contributed by atoms with van der Waals surface area (Å²) in [5.41, 5.74) is 0.707. The van der Waals surface area contributed by atoms with Gasteiger partial charge < -0.3 is 19.5 Å². The fourth-order valence-corrected chi connectivity index (χ4v) is 4.31. The summed E-state index contributed by atoms with van der Waals surface area (Å²) in [5.74, 6) is 0.119. The molecule has 2 aromatic rings. The lowest BCUT2D eigenvalue weighted by atomic mass is 9.89. The van der Waals surface area contributed by atoms with Crippen LogP contribution in [0.25, 0.3) is 0 Å². The zero-order chi connectivity index (χ0) is 24.2. The second-order valence-corrected chi connectivity index (χ2v) is 9.93. The third-order valence-corrected chi connectivity index (χ3v) is 6.08. The first-order chi connectivity index (χ1) is 15.6. The normalized spacial score (nSPS) is 15.6. The van der Waals surface area contributed by atoms with Crippen LogP contribution in [-0.4, -0.2) is 41.4 Å². The standard InChI is InChI=1S/C25H28BrFN2O4/c1-25(2,3)33-24(31)29-11-9-17(10-12-29)18-5-4-6-20(26)23(18)32-15-22(30)19-8-7-16(14-28)13-21(19)27/h4-8,13,17,22,30H,9-12,15H2,1-3H3. The Morgan fingerprint density at radius 3 is 2.61 bits per heavy atom. The Morgan fingerprint density at radius 2 is 2.00 bits per heavy atom. The van der Waals surface area contributed by atoms with Crippen LogP contribution < -0.4 is 4.74 Å². The number of nitrogens with zero attached hydrogens (tertiary/aromatic N) is 2. The van der Waals surface area contributed by atoms with Crippen molar-refractivity contribution in [3.05, 3.63) is 63.4 Å². The lowest BCUT2D eigenvalue weighted by Gasteiger charge is -2.34. The molecule has 1 amide bonds. The Balaban J connectivity index is 1.67. The number of ether oxygens (including phenoxy) is 2. The Labute approximate surface area is 202 Å². The number of nitriles is 1. The van der Waals surface area contributed by atoms with Gasteiger partial charge in [-0.25, -0.2) is 9.18 Å². The molecule has 1 saturated heterocycles. The predicted molar refractivity (Wildman–Crippen MR) is 125 cm³/mol. The topological polar surface area (TPSA) is 82.8 Å². The van der Waals surface area contributed by atoms with Crippen LogP contribution in [-0.2, 0) is 4.74 Å². The molecule has 1 aliphatic heterocycles. The number of carbonyl (C=O) groups excluding carboxylic acids is 1. The zero-order valence-electron chi connectivity index (χ0n) is 19.0. The van der Waals surface area contributed by atoms with E-state index in [-0.39, 0.29) is 29.7 Å². The highest BCUT2D eigenvalue weighted by molar-refractivity contribution is 9.10. The number of rotatable bonds is 5. The van der Waals surface area contributed by atoms with E-state index in [0.717, 1.165) is 28.9 Å². The summed E-state index contributed by atoms with van der Waals surface area (Å²) < 4.78 is 26.4. The van der Waals surface area contributed by atoms with E-state index in [1.807, 2.05) is 45.0 Å². The number of hydrogen-bond donors (Lipinski definition) is 1. The molecule has 3 rings (SSSR count). The van der Waals surface area contributed by atoms with E-state index in [1.165, 1.54) is 12.1 Å². The highest BCUT2D eigenvalue weighted by Gasteiger charge is 2.29. The van der Waals surface area contributed by atoms with Crippen molar-refractivity contribution in [1.29, 1.82) is 5.26 Å². The summed E-state index contributed by atoms with van der Waals surface area (Å²) in [6.07, 6.45) is 0.00324. The summed E-state index contributed by atoms with van der Waals surface area (Å²) in [5, 5.41) is 19.4. The maximum Gasteiger partial charge on any atom is 0.410 e. The van der Waals surface area contributed by atoms with Crippen molar-refractivity contribution >= 4 is 22.0 Å². The molecule has 2 aromatic carbocycles. The number of para-hydroxylation sites is 1. The van der Waals surface area contributed by atoms with Crippen LogP contribution >= 0.6 is 15.9 Å². The lowest BCUT2D eigenvalue weighted by molar-refractivity contribution is 0.0204. The van der Waals surface area contributed by atoms with Gasteiger partial charge >= 0.3 is 6.09 Å². The van der Waals surface area contributed by atoms with E-state index >= 15 is 0 Å². The minimum atomic E-state index is -1.19. The Bertz CT molecular complexity index is 1040. The van der Waals surface area contributed by atoms with Gasteiger partial charge in [-0.2, -0.15) is 5.26 Å². The van der Waals surface area contributed by atoms with Crippen molar-refractivity contribution in [2.24, 2.45) is 0 Å². The smallest absolute Gasteiger partial charge is 0.410 e. The number of aliphatic hydroxyl groups excluding tert-OH is 1. The molecule has 0 radical (unpaired) electrons. The molecule has 33 heavy (non-hydrogen) atoms. The average molecular weight is 519 g/mol. The van der Waals surface area contributed by atoms with Gasteiger partial charge in [-0.3, -0.25) is 0 Å². The second kappa shape index (κ2) is 10.5. The number of benzene rings is 2. The molecule has 0 aromatic heterocycles. The van der Waals surface area contributed by atoms with Gasteiger partial charge in [0.25, 0.3) is 0 Å². The first-order valence-corrected chi connectivity index (χ1v) is 11.6. The quantitative estimate of drug-likeness (QED) is 0.549. The van der Waals surface area contributed by atoms with Gasteiger partial charge in [-0.15, -0.1) is 0 Å². The molecule has 1 fully saturated rings. The largest absolute Gasteiger partial charge is 0.489 e. The number of amides is 1. The van der Waals surface area contributed by atoms with Crippen molar-refractivity contribution < 1.29 is 23.8 Å². The minimum Gasteiger partial charge on any atom is -0.489 e. The van der Waals surface area contributed by atoms with E-state index in [4.69, 9.17) is 14.7 Å². The molecule has 0 spiro atoms. The molecule has 1 aliphatic rings. The summed E-state index contributed by atoms with van der Waals surface area (Å²) in [4.78, 5) is 14.1. The highest BCUT2D eigenvalue weighted by atomic mass is 79.9. The fraction of sp³-hybridized carbons (Fsp3) is 0.440. The van der Waals surface area contributed by atoms with Crippen molar-refractivity contribution in [3.63, 3.8) is 0 Å². The molecule has 0 bridgehead atoms. The molecule has 1 unspecified atom stereocenters. The molecule has 1 atom stereocenters. The Morgan fingerprint density at radius 1 is 1.30 bits per heavy atom. The van der Waals surface area contributed by atoms with Gasteiger partial charge in [0.15, 0.2) is 0 Å². The van der Waals surface area contributed by atoms with Gasteiger partial charge in [0.05, 0.1) is 16.1 Å². The summed E-state index contributed by atoms with van der Waals surface area (Å²) in [6.45, 7) is 6.55. The third kappa shape index (κ3) is 6.46. The van der Waals surface area contributed by atoms with Crippen molar-refractivity contribution in [1.82, 2.24) is 4.90 Å². The van der Waals surface area contributed by atoms with Gasteiger partial charge in [-0.1, -0.05) is 18.2 Å². The zero-order valence-corrected chi connectivity index (χ0v) is 20.6. The van der Waals surface area contributed by atoms with Crippen LogP contribution in [0.2, 0.25) is 0 Å². The molecule has 6 nitrogen and oxygen atoms in total. The second-order valence-electron chi connectivity index (χ2n) is 9.07. The first kappa shape index (κ1) is 25.0. The van der Waals surface area contributed by atoms with Crippen LogP contribution in [0.3, 0.4) is 0 Å². The van der Waals surface area contributed by atoms with Crippen LogP contribution in [0.1, 0.15) is 62.3 Å². The number of likely N-dealkylation sites (tertiary alicyclic amines) is 1. The monoisotopic (exact) mass is 518 g/mol. The predicted octanol–water partition coefficient (Wildman–Crippen LogP) is 5.69. The molecule has 0 saturated carbocycles. The van der Waals surface area contributed by atoms with Crippen LogP contribution in [0.15, 0.2) is 40.9 Å². The summed E-state index contributed by atoms with van der Waals surface area (Å²) in [6, 6.07) is 11.6. The maximum atomic E-state index is 14.2. The van der Waals surface area contributed by atoms with Gasteiger partial charge in [-0.05, 0) is 79.2 Å². The summed E-state index contributed by atoms with van der Waals surface area (Å²) in [7, 11) is 0. The van der Waals surface area contributed by atoms with E-state index in [0.29, 0.717) is 18.8 Å². The molecule has 1 heterocycles. The first-order valence-electron chi connectivity index (χ1n) is 10.9. The number of halogens is 2. The van der Waals surface area contributed by atoms with Crippen LogP contribution in [0, 0.1) is 17.1 Å². The third-order valence-electron chi connectivity index (χ3n) is 5.46. The molecular formula is C25H28BrFN2O4. The van der Waals surface area contributed by atoms with E-state index in [9.17, 15) is 14.3 Å². The average Bonchev–Trinajstić information content (AvgIpc) is 2.76. The molecule has 176 valence electrons. The number of piperidine rings is 1. The van der Waals surface area contributed by atoms with Crippen molar-refractivity contribution in [2.45, 2.75) is 51.2 Å². The summed E-state index contributed by atoms with van der Waals surface area (Å²) >= 11 is 3.52. The van der Waals surface area contributed by atoms with Crippen molar-refractivity contribution in [2.75, 3.05) is 19.7 Å². The molecule has 1 N–H and O–H groups in total. The Hall–Kier alpha value is -2.63. The van der Waals surface area contributed by atoms with Crippen LogP contribution in [0.4, 0.5) is 9.18 Å². The number of aliphatic hydroxyl groups is 1. The molecular weight excluding hydrogens is 491 g/mol. The van der Waals surface area contributed by atoms with Gasteiger partial charge in [0.2, 0.25) is 0 Å². The Kier molecular flexibility index (Phi) is 7.98. The maximum absolute atomic E-state index is 14.2. The number of carbonyl (C=O) groups is 1. The molecule has 8 heteroatoms. The van der Waals surface area contributed by atoms with Crippen LogP contribution in [0.5, 0.6) is 5.75 Å².